The molecule has 16 rings (SSSR count). The fourth-order valence-electron chi connectivity index (χ4n) is 14.9. The Kier molecular flexibility index (Phi) is 37.9. The zero-order valence-electron chi connectivity index (χ0n) is 80.0. The Morgan fingerprint density at radius 3 is 1.26 bits per heavy atom. The van der Waals surface area contributed by atoms with E-state index >= 15 is 0 Å². The lowest BCUT2D eigenvalue weighted by atomic mass is 9.97. The van der Waals surface area contributed by atoms with Crippen LogP contribution in [0.1, 0.15) is 122 Å². The first-order valence-electron chi connectivity index (χ1n) is 46.4. The van der Waals surface area contributed by atoms with E-state index in [0.29, 0.717) is 137 Å². The first-order chi connectivity index (χ1) is 70.8. The van der Waals surface area contributed by atoms with Gasteiger partial charge in [0, 0.05) is 98.1 Å². The molecule has 51 heteroatoms. The first kappa shape index (κ1) is 109. The number of carbonyl (C=O) groups is 4. The van der Waals surface area contributed by atoms with Crippen LogP contribution in [0, 0.1) is 30.3 Å². The zero-order valence-corrected chi connectivity index (χ0v) is 80.0. The van der Waals surface area contributed by atoms with Crippen molar-refractivity contribution >= 4 is 116 Å². The van der Waals surface area contributed by atoms with Crippen molar-refractivity contribution in [1.29, 1.82) is 0 Å². The van der Waals surface area contributed by atoms with Gasteiger partial charge in [-0.1, -0.05) is 51.5 Å². The molecule has 1 atom stereocenters. The molecule has 11 heterocycles. The van der Waals surface area contributed by atoms with Crippen LogP contribution >= 0.6 is 0 Å². The largest absolute Gasteiger partial charge is 0.416 e. The number of rotatable bonds is 32. The number of morpholine rings is 4. The fraction of sp³-hybridized carbons (Fsp3) is 0.330. The van der Waals surface area contributed by atoms with Gasteiger partial charge in [-0.3, -0.25) is 67.5 Å². The molecule has 12 aromatic rings. The monoisotopic (exact) mass is 2070 g/mol. The average molecular weight is 2070 g/mol. The third-order valence-corrected chi connectivity index (χ3v) is 22.1. The second-order valence-electron chi connectivity index (χ2n) is 33.8. The highest BCUT2D eigenvalue weighted by atomic mass is 19.4. The molecule has 4 amide bonds. The molecule has 4 aliphatic rings. The summed E-state index contributed by atoms with van der Waals surface area (Å²) < 4.78 is 220. The summed E-state index contributed by atoms with van der Waals surface area (Å²) in [5, 5.41) is 14.9. The van der Waals surface area contributed by atoms with Crippen molar-refractivity contribution < 1.29 is 104 Å². The second-order valence-corrected chi connectivity index (χ2v) is 33.8. The van der Waals surface area contributed by atoms with E-state index in [1.54, 1.807) is 45.0 Å². The Bertz CT molecular complexity index is 6470. The summed E-state index contributed by atoms with van der Waals surface area (Å²) in [6, 6.07) is 34.8. The summed E-state index contributed by atoms with van der Waals surface area (Å²) in [4.78, 5) is 103. The Hall–Kier alpha value is -15.9. The summed E-state index contributed by atoms with van der Waals surface area (Å²) >= 11 is 0. The van der Waals surface area contributed by atoms with Crippen molar-refractivity contribution in [3.63, 3.8) is 0 Å². The van der Waals surface area contributed by atoms with Gasteiger partial charge in [-0.05, 0) is 179 Å². The van der Waals surface area contributed by atoms with E-state index in [0.717, 1.165) is 119 Å². The molecule has 4 aliphatic heterocycles. The lowest BCUT2D eigenvalue weighted by Gasteiger charge is -2.34. The zero-order chi connectivity index (χ0) is 106. The normalized spacial score (nSPS) is 14.4. The maximum atomic E-state index is 14.3. The number of hydrogen-bond acceptors (Lipinski definition) is 32. The number of aryl methyl sites for hydroxylation is 2. The third-order valence-electron chi connectivity index (χ3n) is 22.1. The molecule has 0 radical (unpaired) electrons. The minimum absolute atomic E-state index is 0.00661. The summed E-state index contributed by atoms with van der Waals surface area (Å²) in [5.74, 6) is -2.60. The number of amides is 4. The minimum atomic E-state index is -4.46. The highest BCUT2D eigenvalue weighted by Gasteiger charge is 2.35. The number of nitrogens with zero attached hydrogens (tertiary/aromatic N) is 15. The molecule has 36 nitrogen and oxygen atoms in total. The van der Waals surface area contributed by atoms with E-state index in [4.69, 9.17) is 18.9 Å². The fourth-order valence-corrected chi connectivity index (χ4v) is 14.9. The van der Waals surface area contributed by atoms with Crippen LogP contribution in [0.15, 0.2) is 189 Å². The van der Waals surface area contributed by atoms with E-state index in [2.05, 4.69) is 130 Å². The Morgan fingerprint density at radius 1 is 0.412 bits per heavy atom. The molecule has 4 saturated heterocycles. The minimum Gasteiger partial charge on any atom is -0.379 e. The second kappa shape index (κ2) is 51.2. The van der Waals surface area contributed by atoms with E-state index in [1.165, 1.54) is 85.2 Å². The van der Waals surface area contributed by atoms with Crippen LogP contribution in [0.2, 0.25) is 0 Å². The van der Waals surface area contributed by atoms with Gasteiger partial charge in [0.2, 0.25) is 23.8 Å². The average Bonchev–Trinajstić information content (AvgIpc) is 0.779. The van der Waals surface area contributed by atoms with Crippen LogP contribution in [0.3, 0.4) is 0 Å². The number of pyridine rings is 3. The van der Waals surface area contributed by atoms with Gasteiger partial charge < -0.3 is 60.2 Å². The quantitative estimate of drug-likeness (QED) is 0.0106. The van der Waals surface area contributed by atoms with Crippen LogP contribution in [0.25, 0.3) is 0 Å². The maximum absolute atomic E-state index is 14.3. The van der Waals surface area contributed by atoms with Crippen molar-refractivity contribution in [2.24, 2.45) is 5.92 Å². The molecule has 1 unspecified atom stereocenters. The van der Waals surface area contributed by atoms with Gasteiger partial charge in [0.15, 0.2) is 34.9 Å². The number of halogens is 15. The SMILES string of the molecule is CC(C)Cc1cc(Nc2cccc(C(F)(F)F)c2)ccc1C(=O)NNc1ncc(F)c(N2CCOCC2)n1.CC1COCCN1c1nc(NNC(=O)c2ccc(Nc3cccc(C(F)(F)F)c3)cn2)ncc1F.CCCc1nc(C(=O)NNc2ncc(F)c(N3CCOCC3)n2)ccc1Nc1cccc(C(F)(F)F)c1.Cc1cc(NCCCN2CCOCC2)nc(NNC(=O)c2ccc(Nc3cccc(C(F)(F)F)c3)cn2)n1. The number of nitrogens with one attached hydrogen (secondary N) is 13. The topological polar surface area (TPSA) is 416 Å². The molecular formula is C97H103F15N28O8. The van der Waals surface area contributed by atoms with E-state index in [-0.39, 0.29) is 93.0 Å². The van der Waals surface area contributed by atoms with Gasteiger partial charge in [0.1, 0.15) is 22.9 Å². The number of hydrogen-bond donors (Lipinski definition) is 13. The molecule has 7 aromatic heterocycles. The first-order valence-corrected chi connectivity index (χ1v) is 46.4. The molecule has 5 aromatic carbocycles. The molecule has 0 spiro atoms. The van der Waals surface area contributed by atoms with E-state index in [9.17, 15) is 85.0 Å². The lowest BCUT2D eigenvalue weighted by molar-refractivity contribution is -0.138. The number of benzene rings is 5. The summed E-state index contributed by atoms with van der Waals surface area (Å²) in [7, 11) is 0. The van der Waals surface area contributed by atoms with E-state index < -0.39 is 88.0 Å². The van der Waals surface area contributed by atoms with Gasteiger partial charge >= 0.3 is 24.7 Å². The van der Waals surface area contributed by atoms with Crippen LogP contribution in [0.4, 0.5) is 158 Å². The number of ether oxygens (including phenoxy) is 4. The molecule has 4 fully saturated rings. The predicted octanol–water partition coefficient (Wildman–Crippen LogP) is 17.1. The number of anilines is 16. The molecular weight excluding hydrogens is 1970 g/mol. The standard InChI is InChI=1S/C26H28F4N6O2.C25H29F3N8O2.C24H25F4N7O2.C22H21F4N7O2/c1-16(2)12-17-13-20(32-19-5-3-4-18(14-19)26(28,29)30)6-7-21(17)24(37)34-35-25-31-15-22(27)23(33-25)36-8-10-38-11-9-36;1-17-14-22(29-8-3-9-36-10-12-38-13-11-36)33-24(31-17)35-34-23(37)21-7-6-20(16-30-21)32-19-5-2-4-18(15-19)25(26,27)28;1-2-4-18-19(30-16-6-3-5-15(13-16)24(26,27)28)7-8-20(31-18)22(36)33-34-23-29-14-17(25)21(32-23)35-9-11-37-12-10-35;1-13-12-35-8-7-33(13)19-17(23)11-28-21(30-19)32-31-20(34)18-6-5-16(10-27-18)29-15-4-2-3-14(9-15)22(24,25)26/h3-7,13-16,32H,8-12H2,1-2H3,(H,34,37)(H,31,33,35);2,4-7,14-16,32H,3,8-13H2,1H3,(H,34,37)(H2,29,31,33,35);3,5-8,13-14,30H,2,4,9-12H2,1H3,(H,33,36)(H,29,32,34);2-6,9-11,13,29H,7-8,12H2,1H3,(H,31,34)(H,28,30,32). The summed E-state index contributed by atoms with van der Waals surface area (Å²) in [5.41, 5.74) is 22.6. The Balaban J connectivity index is 0.000000165. The van der Waals surface area contributed by atoms with Crippen molar-refractivity contribution in [3.05, 3.63) is 268 Å². The molecule has 0 saturated carbocycles. The molecule has 148 heavy (non-hydrogen) atoms. The number of hydrazine groups is 4. The van der Waals surface area contributed by atoms with Crippen molar-refractivity contribution in [1.82, 2.24) is 81.4 Å². The number of carbonyl (C=O) groups excluding carboxylic acids is 4. The smallest absolute Gasteiger partial charge is 0.379 e. The predicted molar refractivity (Wildman–Crippen MR) is 522 cm³/mol. The Labute approximate surface area is 837 Å². The van der Waals surface area contributed by atoms with Crippen LogP contribution in [-0.2, 0) is 56.5 Å². The highest BCUT2D eigenvalue weighted by Crippen LogP contribution is 2.38. The molecule has 784 valence electrons. The van der Waals surface area contributed by atoms with Crippen LogP contribution in [-0.4, -0.2) is 201 Å². The lowest BCUT2D eigenvalue weighted by Crippen LogP contribution is -2.44. The van der Waals surface area contributed by atoms with Gasteiger partial charge in [-0.15, -0.1) is 0 Å². The van der Waals surface area contributed by atoms with Crippen LogP contribution in [0.5, 0.6) is 0 Å². The third kappa shape index (κ3) is 32.6. The summed E-state index contributed by atoms with van der Waals surface area (Å²) in [6.45, 7) is 19.9. The van der Waals surface area contributed by atoms with Crippen molar-refractivity contribution in [2.75, 3.05) is 175 Å². The van der Waals surface area contributed by atoms with Gasteiger partial charge in [0.25, 0.3) is 23.6 Å². The van der Waals surface area contributed by atoms with E-state index in [1.807, 2.05) is 40.7 Å². The molecule has 0 aliphatic carbocycles. The van der Waals surface area contributed by atoms with Crippen LogP contribution < -0.4 is 84.7 Å². The van der Waals surface area contributed by atoms with Crippen molar-refractivity contribution in [3.8, 4) is 0 Å². The van der Waals surface area contributed by atoms with Gasteiger partial charge in [-0.25, -0.2) is 48.1 Å². The van der Waals surface area contributed by atoms with Crippen molar-refractivity contribution in [2.45, 2.75) is 91.0 Å². The molecule has 13 N–H and O–H groups in total. The maximum Gasteiger partial charge on any atom is 0.416 e. The Morgan fingerprint density at radius 2 is 0.818 bits per heavy atom. The molecule has 0 bridgehead atoms. The van der Waals surface area contributed by atoms with Gasteiger partial charge in [-0.2, -0.15) is 72.6 Å². The number of aromatic nitrogens is 11. The van der Waals surface area contributed by atoms with Gasteiger partial charge in [0.05, 0.1) is 135 Å². The highest BCUT2D eigenvalue weighted by molar-refractivity contribution is 5.97. The summed E-state index contributed by atoms with van der Waals surface area (Å²) in [6.07, 6.45) is -9.41. The number of alkyl halides is 12.